The van der Waals surface area contributed by atoms with E-state index in [1.54, 1.807) is 6.92 Å². The lowest BCUT2D eigenvalue weighted by molar-refractivity contribution is -0.384. The van der Waals surface area contributed by atoms with Gasteiger partial charge < -0.3 is 15.4 Å². The quantitative estimate of drug-likeness (QED) is 0.400. The van der Waals surface area contributed by atoms with E-state index < -0.39 is 10.8 Å². The van der Waals surface area contributed by atoms with Crippen LogP contribution in [0.5, 0.6) is 0 Å². The van der Waals surface area contributed by atoms with Crippen molar-refractivity contribution in [2.24, 2.45) is 5.84 Å². The molecule has 0 unspecified atom stereocenters. The number of nitrogens with one attached hydrogen (secondary N) is 1. The number of hydrazine groups is 1. The molecule has 0 saturated heterocycles. The fraction of sp³-hybridized carbons (Fsp3) is 0.364. The lowest BCUT2D eigenvalue weighted by atomic mass is 10.1. The van der Waals surface area contributed by atoms with Gasteiger partial charge >= 0.3 is 0 Å². The monoisotopic (exact) mass is 268 g/mol. The Morgan fingerprint density at radius 3 is 2.68 bits per heavy atom. The number of aliphatic hydroxyl groups is 1. The molecule has 0 atom stereocenters. The molecule has 0 aliphatic rings. The number of nitrogens with two attached hydrogens (primary N) is 1. The molecule has 19 heavy (non-hydrogen) atoms. The molecule has 0 spiro atoms. The van der Waals surface area contributed by atoms with Gasteiger partial charge in [0.25, 0.3) is 11.6 Å². The van der Waals surface area contributed by atoms with Crippen LogP contribution in [-0.2, 0) is 0 Å². The van der Waals surface area contributed by atoms with E-state index in [4.69, 9.17) is 10.9 Å². The summed E-state index contributed by atoms with van der Waals surface area (Å²) in [6.45, 7) is 1.64. The highest BCUT2D eigenvalue weighted by Crippen LogP contribution is 2.28. The van der Waals surface area contributed by atoms with E-state index in [-0.39, 0.29) is 30.1 Å². The Balaban J connectivity index is 3.25. The zero-order valence-corrected chi connectivity index (χ0v) is 10.7. The Labute approximate surface area is 109 Å². The Kier molecular flexibility index (Phi) is 4.79. The molecule has 0 heterocycles. The van der Waals surface area contributed by atoms with E-state index in [2.05, 4.69) is 5.43 Å². The number of carbonyl (C=O) groups is 1. The number of carbonyl (C=O) groups excluding carboxylic acids is 1. The van der Waals surface area contributed by atoms with Crippen LogP contribution in [0.25, 0.3) is 0 Å². The zero-order valence-electron chi connectivity index (χ0n) is 10.7. The van der Waals surface area contributed by atoms with Crippen molar-refractivity contribution in [3.05, 3.63) is 33.4 Å². The normalized spacial score (nSPS) is 10.1. The standard InChI is InChI=1S/C11H16N4O4/c1-7-5-9(13-12)10(15(18)19)6-8(7)11(17)14(2)3-4-16/h5-6,13,16H,3-4,12H2,1-2H3. The van der Waals surface area contributed by atoms with Crippen LogP contribution in [-0.4, -0.2) is 41.0 Å². The van der Waals surface area contributed by atoms with E-state index in [0.29, 0.717) is 5.56 Å². The second kappa shape index (κ2) is 6.12. The SMILES string of the molecule is Cc1cc(NN)c([N+](=O)[O-])cc1C(=O)N(C)CCO. The number of anilines is 1. The number of aliphatic hydroxyl groups excluding tert-OH is 1. The maximum absolute atomic E-state index is 12.1. The average molecular weight is 268 g/mol. The summed E-state index contributed by atoms with van der Waals surface area (Å²) >= 11 is 0. The molecule has 0 radical (unpaired) electrons. The molecule has 0 aromatic heterocycles. The summed E-state index contributed by atoms with van der Waals surface area (Å²) in [6.07, 6.45) is 0. The first kappa shape index (κ1) is 14.9. The van der Waals surface area contributed by atoms with Crippen molar-refractivity contribution in [2.75, 3.05) is 25.6 Å². The molecule has 104 valence electrons. The minimum atomic E-state index is -0.614. The molecule has 8 heteroatoms. The largest absolute Gasteiger partial charge is 0.395 e. The first-order chi connectivity index (χ1) is 8.92. The third kappa shape index (κ3) is 3.18. The van der Waals surface area contributed by atoms with Gasteiger partial charge in [0.1, 0.15) is 5.69 Å². The number of amides is 1. The van der Waals surface area contributed by atoms with Crippen molar-refractivity contribution in [3.63, 3.8) is 0 Å². The summed E-state index contributed by atoms with van der Waals surface area (Å²) < 4.78 is 0. The summed E-state index contributed by atoms with van der Waals surface area (Å²) in [7, 11) is 1.51. The zero-order chi connectivity index (χ0) is 14.6. The van der Waals surface area contributed by atoms with Gasteiger partial charge in [0.05, 0.1) is 11.5 Å². The van der Waals surface area contributed by atoms with E-state index >= 15 is 0 Å². The predicted octanol–water partition coefficient (Wildman–Crippen LogP) is 0.253. The maximum atomic E-state index is 12.1. The van der Waals surface area contributed by atoms with Gasteiger partial charge in [-0.3, -0.25) is 20.8 Å². The molecule has 0 bridgehead atoms. The highest BCUT2D eigenvalue weighted by molar-refractivity contribution is 5.97. The van der Waals surface area contributed by atoms with Crippen LogP contribution in [0.4, 0.5) is 11.4 Å². The number of nitrogen functional groups attached to an aromatic ring is 1. The smallest absolute Gasteiger partial charge is 0.294 e. The third-order valence-electron chi connectivity index (χ3n) is 2.71. The van der Waals surface area contributed by atoms with Gasteiger partial charge in [-0.1, -0.05) is 0 Å². The van der Waals surface area contributed by atoms with Crippen LogP contribution in [0, 0.1) is 17.0 Å². The molecule has 1 rings (SSSR count). The van der Waals surface area contributed by atoms with Gasteiger partial charge in [-0.2, -0.15) is 0 Å². The first-order valence-corrected chi connectivity index (χ1v) is 5.54. The number of hydrogen-bond donors (Lipinski definition) is 3. The minimum Gasteiger partial charge on any atom is -0.395 e. The van der Waals surface area contributed by atoms with Crippen molar-refractivity contribution in [1.82, 2.24) is 4.90 Å². The van der Waals surface area contributed by atoms with Crippen molar-refractivity contribution in [1.29, 1.82) is 0 Å². The highest BCUT2D eigenvalue weighted by atomic mass is 16.6. The number of hydrogen-bond acceptors (Lipinski definition) is 6. The Bertz CT molecular complexity index is 504. The number of aryl methyl sites for hydroxylation is 1. The van der Waals surface area contributed by atoms with Crippen molar-refractivity contribution in [2.45, 2.75) is 6.92 Å². The maximum Gasteiger partial charge on any atom is 0.294 e. The molecule has 1 aromatic rings. The summed E-state index contributed by atoms with van der Waals surface area (Å²) in [5, 5.41) is 19.7. The Hall–Kier alpha value is -2.19. The number of nitro groups is 1. The molecule has 0 saturated carbocycles. The van der Waals surface area contributed by atoms with E-state index in [9.17, 15) is 14.9 Å². The van der Waals surface area contributed by atoms with Crippen LogP contribution >= 0.6 is 0 Å². The van der Waals surface area contributed by atoms with Gasteiger partial charge in [0.15, 0.2) is 0 Å². The first-order valence-electron chi connectivity index (χ1n) is 5.54. The van der Waals surface area contributed by atoms with E-state index in [1.807, 2.05) is 0 Å². The summed E-state index contributed by atoms with van der Waals surface area (Å²) in [5.74, 6) is 4.82. The minimum absolute atomic E-state index is 0.142. The molecule has 0 aliphatic carbocycles. The fourth-order valence-electron chi connectivity index (χ4n) is 1.65. The summed E-state index contributed by atoms with van der Waals surface area (Å²) in [6, 6.07) is 2.62. The van der Waals surface area contributed by atoms with Crippen LogP contribution in [0.3, 0.4) is 0 Å². The number of rotatable bonds is 5. The Morgan fingerprint density at radius 1 is 1.58 bits per heavy atom. The molecular formula is C11H16N4O4. The number of benzene rings is 1. The van der Waals surface area contributed by atoms with Crippen LogP contribution in [0.2, 0.25) is 0 Å². The number of nitro benzene ring substituents is 1. The molecule has 4 N–H and O–H groups in total. The fourth-order valence-corrected chi connectivity index (χ4v) is 1.65. The number of likely N-dealkylation sites (N-methyl/N-ethyl adjacent to an activating group) is 1. The van der Waals surface area contributed by atoms with Crippen molar-refractivity contribution in [3.8, 4) is 0 Å². The molecule has 1 amide bonds. The van der Waals surface area contributed by atoms with Crippen LogP contribution in [0.15, 0.2) is 12.1 Å². The third-order valence-corrected chi connectivity index (χ3v) is 2.71. The van der Waals surface area contributed by atoms with Gasteiger partial charge in [-0.15, -0.1) is 0 Å². The topological polar surface area (TPSA) is 122 Å². The van der Waals surface area contributed by atoms with E-state index in [0.717, 1.165) is 0 Å². The average Bonchev–Trinajstić information content (AvgIpc) is 2.37. The van der Waals surface area contributed by atoms with Gasteiger partial charge in [-0.05, 0) is 18.6 Å². The molecule has 0 fully saturated rings. The van der Waals surface area contributed by atoms with Crippen molar-refractivity contribution >= 4 is 17.3 Å². The highest BCUT2D eigenvalue weighted by Gasteiger charge is 2.21. The molecule has 1 aromatic carbocycles. The number of nitrogens with zero attached hydrogens (tertiary/aromatic N) is 2. The van der Waals surface area contributed by atoms with E-state index in [1.165, 1.54) is 24.1 Å². The predicted molar refractivity (Wildman–Crippen MR) is 69.7 cm³/mol. The molecule has 0 aliphatic heterocycles. The van der Waals surface area contributed by atoms with Crippen LogP contribution in [0.1, 0.15) is 15.9 Å². The second-order valence-electron chi connectivity index (χ2n) is 4.04. The molecule has 8 nitrogen and oxygen atoms in total. The van der Waals surface area contributed by atoms with Gasteiger partial charge in [-0.25, -0.2) is 0 Å². The molecular weight excluding hydrogens is 252 g/mol. The lowest BCUT2D eigenvalue weighted by Gasteiger charge is -2.17. The second-order valence-corrected chi connectivity index (χ2v) is 4.04. The summed E-state index contributed by atoms with van der Waals surface area (Å²) in [4.78, 5) is 23.7. The van der Waals surface area contributed by atoms with Crippen molar-refractivity contribution < 1.29 is 14.8 Å². The lowest BCUT2D eigenvalue weighted by Crippen LogP contribution is -2.30. The van der Waals surface area contributed by atoms with Gasteiger partial charge in [0.2, 0.25) is 0 Å². The summed E-state index contributed by atoms with van der Waals surface area (Å²) in [5.41, 5.74) is 2.88. The van der Waals surface area contributed by atoms with Crippen LogP contribution < -0.4 is 11.3 Å². The van der Waals surface area contributed by atoms with Gasteiger partial charge in [0, 0.05) is 25.2 Å². The Morgan fingerprint density at radius 2 is 2.21 bits per heavy atom.